The van der Waals surface area contributed by atoms with Gasteiger partial charge >= 0.3 is 0 Å². The molecular formula is C22H21N3O5S. The second-order valence-electron chi connectivity index (χ2n) is 6.90. The van der Waals surface area contributed by atoms with Crippen molar-refractivity contribution in [1.82, 2.24) is 10.3 Å². The molecule has 3 aromatic rings. The van der Waals surface area contributed by atoms with E-state index in [1.807, 2.05) is 13.0 Å². The summed E-state index contributed by atoms with van der Waals surface area (Å²) in [7, 11) is 0. The molecule has 2 N–H and O–H groups in total. The highest BCUT2D eigenvalue weighted by molar-refractivity contribution is 7.81. The second kappa shape index (κ2) is 9.15. The first kappa shape index (κ1) is 20.8. The molecule has 1 atom stereocenters. The Kier molecular flexibility index (Phi) is 6.15. The molecule has 1 amide bonds. The molecule has 1 aliphatic rings. The number of hydrogen-bond donors (Lipinski definition) is 2. The highest BCUT2D eigenvalue weighted by Crippen LogP contribution is 2.38. The Morgan fingerprint density at radius 2 is 1.97 bits per heavy atom. The second-order valence-corrected chi connectivity index (χ2v) is 7.72. The molecular weight excluding hydrogens is 418 g/mol. The Bertz CT molecular complexity index is 1120. The minimum Gasteiger partial charge on any atom is -0.486 e. The van der Waals surface area contributed by atoms with Crippen molar-refractivity contribution in [2.24, 2.45) is 0 Å². The van der Waals surface area contributed by atoms with Crippen molar-refractivity contribution in [2.75, 3.05) is 17.5 Å². The van der Waals surface area contributed by atoms with E-state index in [4.69, 9.17) is 9.47 Å². The Balaban J connectivity index is 1.62. The van der Waals surface area contributed by atoms with Gasteiger partial charge in [-0.25, -0.2) is 8.51 Å². The zero-order chi connectivity index (χ0) is 21.8. The number of nitrogens with zero attached hydrogens (tertiary/aromatic N) is 2. The van der Waals surface area contributed by atoms with Crippen LogP contribution >= 0.6 is 0 Å². The predicted octanol–water partition coefficient (Wildman–Crippen LogP) is 3.37. The molecule has 4 rings (SSSR count). The predicted molar refractivity (Wildman–Crippen MR) is 117 cm³/mol. The minimum absolute atomic E-state index is 0.295. The van der Waals surface area contributed by atoms with Crippen molar-refractivity contribution in [3.8, 4) is 11.5 Å². The smallest absolute Gasteiger partial charge is 0.266 e. The third-order valence-corrected chi connectivity index (χ3v) is 5.50. The van der Waals surface area contributed by atoms with E-state index in [0.717, 1.165) is 11.1 Å². The quantitative estimate of drug-likeness (QED) is 0.571. The summed E-state index contributed by atoms with van der Waals surface area (Å²) in [5.74, 6) is 0.789. The van der Waals surface area contributed by atoms with E-state index in [-0.39, 0.29) is 5.91 Å². The minimum atomic E-state index is -2.37. The number of anilines is 2. The molecule has 0 saturated carbocycles. The number of rotatable bonds is 6. The van der Waals surface area contributed by atoms with Crippen molar-refractivity contribution in [2.45, 2.75) is 13.5 Å². The molecule has 0 saturated heterocycles. The Hall–Kier alpha value is -3.43. The molecule has 0 aliphatic carbocycles. The largest absolute Gasteiger partial charge is 0.486 e. The maximum absolute atomic E-state index is 12.7. The van der Waals surface area contributed by atoms with Gasteiger partial charge in [-0.2, -0.15) is 0 Å². The van der Waals surface area contributed by atoms with Crippen LogP contribution in [0.15, 0.2) is 60.9 Å². The normalized spacial score (nSPS) is 13.4. The van der Waals surface area contributed by atoms with Crippen LogP contribution in [0, 0.1) is 6.92 Å². The number of ether oxygens (including phenoxy) is 2. The van der Waals surface area contributed by atoms with E-state index in [1.165, 1.54) is 4.31 Å². The van der Waals surface area contributed by atoms with E-state index in [9.17, 15) is 13.6 Å². The van der Waals surface area contributed by atoms with Gasteiger partial charge in [-0.3, -0.25) is 14.3 Å². The molecule has 160 valence electrons. The molecule has 2 aromatic carbocycles. The summed E-state index contributed by atoms with van der Waals surface area (Å²) in [6.07, 6.45) is 3.35. The first-order chi connectivity index (χ1) is 15.0. The summed E-state index contributed by atoms with van der Waals surface area (Å²) in [4.78, 5) is 16.7. The Labute approximate surface area is 182 Å². The van der Waals surface area contributed by atoms with E-state index in [2.05, 4.69) is 10.3 Å². The van der Waals surface area contributed by atoms with Crippen LogP contribution in [0.1, 0.15) is 21.5 Å². The van der Waals surface area contributed by atoms with Gasteiger partial charge in [0.2, 0.25) is 0 Å². The fraction of sp³-hybridized carbons (Fsp3) is 0.182. The fourth-order valence-electron chi connectivity index (χ4n) is 3.23. The third kappa shape index (κ3) is 4.68. The summed E-state index contributed by atoms with van der Waals surface area (Å²) < 4.78 is 34.7. The highest BCUT2D eigenvalue weighted by Gasteiger charge is 2.22. The van der Waals surface area contributed by atoms with Crippen LogP contribution in [-0.2, 0) is 17.8 Å². The molecule has 1 unspecified atom stereocenters. The summed E-state index contributed by atoms with van der Waals surface area (Å²) in [6, 6.07) is 13.7. The van der Waals surface area contributed by atoms with E-state index in [1.54, 1.807) is 54.9 Å². The topological polar surface area (TPSA) is 101 Å². The standard InChI is InChI=1S/C22H21N3O5S/c1-15-4-5-17(22(26)24-14-16-3-2-8-23-13-16)11-19(15)25(31(27)28)18-6-7-20-21(12-18)30-10-9-29-20/h2-8,11-13H,9-10,14H2,1H3,(H,24,26)(H,27,28). The molecule has 0 spiro atoms. The SMILES string of the molecule is Cc1ccc(C(=O)NCc2cccnc2)cc1N(c1ccc2c(c1)OCCO2)S(=O)O. The number of carbonyl (C=O) groups is 1. The summed E-state index contributed by atoms with van der Waals surface area (Å²) in [5, 5.41) is 2.84. The Morgan fingerprint density at radius 3 is 2.71 bits per heavy atom. The van der Waals surface area contributed by atoms with Crippen LogP contribution in [0.3, 0.4) is 0 Å². The number of benzene rings is 2. The first-order valence-electron chi connectivity index (χ1n) is 9.61. The fourth-order valence-corrected chi connectivity index (χ4v) is 3.89. The van der Waals surface area contributed by atoms with Crippen LogP contribution in [0.5, 0.6) is 11.5 Å². The van der Waals surface area contributed by atoms with Gasteiger partial charge in [0.05, 0.1) is 11.4 Å². The molecule has 2 heterocycles. The number of hydrogen-bond acceptors (Lipinski definition) is 5. The van der Waals surface area contributed by atoms with Gasteiger partial charge in [-0.1, -0.05) is 12.1 Å². The monoisotopic (exact) mass is 439 g/mol. The molecule has 9 heteroatoms. The van der Waals surface area contributed by atoms with Crippen LogP contribution in [-0.4, -0.2) is 32.9 Å². The number of nitrogens with one attached hydrogen (secondary N) is 1. The van der Waals surface area contributed by atoms with Gasteiger partial charge < -0.3 is 14.8 Å². The molecule has 0 radical (unpaired) electrons. The molecule has 1 aromatic heterocycles. The third-order valence-electron chi connectivity index (χ3n) is 4.78. The highest BCUT2D eigenvalue weighted by atomic mass is 32.2. The molecule has 31 heavy (non-hydrogen) atoms. The number of carbonyl (C=O) groups excluding carboxylic acids is 1. The number of aromatic nitrogens is 1. The van der Waals surface area contributed by atoms with Crippen molar-refractivity contribution >= 4 is 28.5 Å². The lowest BCUT2D eigenvalue weighted by molar-refractivity contribution is 0.0951. The maximum atomic E-state index is 12.7. The van der Waals surface area contributed by atoms with E-state index in [0.29, 0.717) is 48.2 Å². The maximum Gasteiger partial charge on any atom is 0.266 e. The lowest BCUT2D eigenvalue weighted by Crippen LogP contribution is -2.24. The molecule has 8 nitrogen and oxygen atoms in total. The number of fused-ring (bicyclic) bond motifs is 1. The lowest BCUT2D eigenvalue weighted by atomic mass is 10.1. The zero-order valence-corrected chi connectivity index (χ0v) is 17.6. The summed E-state index contributed by atoms with van der Waals surface area (Å²) in [5.41, 5.74) is 2.86. The summed E-state index contributed by atoms with van der Waals surface area (Å²) in [6.45, 7) is 3.00. The van der Waals surface area contributed by atoms with Gasteiger partial charge in [-0.05, 0) is 48.4 Å². The van der Waals surface area contributed by atoms with Crippen LogP contribution in [0.4, 0.5) is 11.4 Å². The molecule has 0 fully saturated rings. The molecule has 1 aliphatic heterocycles. The van der Waals surface area contributed by atoms with Gasteiger partial charge in [-0.15, -0.1) is 0 Å². The molecule has 0 bridgehead atoms. The lowest BCUT2D eigenvalue weighted by Gasteiger charge is -2.25. The first-order valence-corrected chi connectivity index (χ1v) is 10.7. The van der Waals surface area contributed by atoms with Crippen molar-refractivity contribution in [1.29, 1.82) is 0 Å². The average Bonchev–Trinajstić information content (AvgIpc) is 2.79. The van der Waals surface area contributed by atoms with Crippen LogP contribution in [0.25, 0.3) is 0 Å². The summed E-state index contributed by atoms with van der Waals surface area (Å²) >= 11 is -2.37. The van der Waals surface area contributed by atoms with Crippen molar-refractivity contribution in [3.05, 3.63) is 77.6 Å². The Morgan fingerprint density at radius 1 is 1.16 bits per heavy atom. The van der Waals surface area contributed by atoms with Crippen LogP contribution in [0.2, 0.25) is 0 Å². The number of pyridine rings is 1. The van der Waals surface area contributed by atoms with Crippen molar-refractivity contribution < 1.29 is 23.0 Å². The van der Waals surface area contributed by atoms with Crippen molar-refractivity contribution in [3.63, 3.8) is 0 Å². The van der Waals surface area contributed by atoms with Crippen LogP contribution < -0.4 is 19.1 Å². The number of aryl methyl sites for hydroxylation is 1. The average molecular weight is 439 g/mol. The van der Waals surface area contributed by atoms with Gasteiger partial charge in [0.25, 0.3) is 17.2 Å². The van der Waals surface area contributed by atoms with E-state index < -0.39 is 11.3 Å². The zero-order valence-electron chi connectivity index (χ0n) is 16.8. The number of amides is 1. The van der Waals surface area contributed by atoms with Gasteiger partial charge in [0, 0.05) is 30.6 Å². The van der Waals surface area contributed by atoms with E-state index >= 15 is 0 Å². The van der Waals surface area contributed by atoms with Gasteiger partial charge in [0.15, 0.2) is 11.5 Å². The van der Waals surface area contributed by atoms with Gasteiger partial charge in [0.1, 0.15) is 13.2 Å².